The minimum absolute atomic E-state index is 0.0525. The van der Waals surface area contributed by atoms with Crippen molar-refractivity contribution in [3.63, 3.8) is 0 Å². The summed E-state index contributed by atoms with van der Waals surface area (Å²) in [5, 5.41) is 20.0. The molecule has 3 N–H and O–H groups in total. The number of nitrogens with zero attached hydrogens (tertiary/aromatic N) is 1. The highest BCUT2D eigenvalue weighted by atomic mass is 16.3. The first-order chi connectivity index (χ1) is 12.6. The van der Waals surface area contributed by atoms with Crippen molar-refractivity contribution in [2.24, 2.45) is 0 Å². The molecule has 26 heavy (non-hydrogen) atoms. The molecule has 0 spiro atoms. The summed E-state index contributed by atoms with van der Waals surface area (Å²) in [4.78, 5) is 17.4. The zero-order chi connectivity index (χ0) is 18.5. The lowest BCUT2D eigenvalue weighted by Crippen LogP contribution is -2.31. The minimum atomic E-state index is -0.0525. The topological polar surface area (TPSA) is 76.6 Å². The second-order valence-corrected chi connectivity index (χ2v) is 6.14. The van der Waals surface area contributed by atoms with E-state index in [-0.39, 0.29) is 17.4 Å². The summed E-state index contributed by atoms with van der Waals surface area (Å²) in [6, 6.07) is 11.9. The summed E-state index contributed by atoms with van der Waals surface area (Å²) in [6.45, 7) is 3.16. The number of rotatable bonds is 6. The molecule has 0 aliphatic carbocycles. The van der Waals surface area contributed by atoms with Gasteiger partial charge >= 0.3 is 0 Å². The van der Waals surface area contributed by atoms with Gasteiger partial charge in [0.1, 0.15) is 11.5 Å². The molecule has 1 aromatic heterocycles. The van der Waals surface area contributed by atoms with Crippen molar-refractivity contribution in [3.8, 4) is 11.5 Å². The quantitative estimate of drug-likeness (QED) is 0.594. The number of nitrogens with one attached hydrogen (secondary N) is 1. The molecule has 5 heteroatoms. The average Bonchev–Trinajstić information content (AvgIpc) is 3.04. The molecule has 0 radical (unpaired) electrons. The molecule has 3 aromatic rings. The van der Waals surface area contributed by atoms with E-state index in [1.54, 1.807) is 53.5 Å². The molecule has 0 atom stereocenters. The fourth-order valence-electron chi connectivity index (χ4n) is 2.91. The summed E-state index contributed by atoms with van der Waals surface area (Å²) >= 11 is 0. The number of hydrogen-bond acceptors (Lipinski definition) is 3. The van der Waals surface area contributed by atoms with Gasteiger partial charge in [-0.1, -0.05) is 12.1 Å². The third kappa shape index (κ3) is 4.06. The molecule has 5 nitrogen and oxygen atoms in total. The van der Waals surface area contributed by atoms with E-state index in [1.807, 2.05) is 19.2 Å². The molecule has 134 valence electrons. The average molecular weight is 350 g/mol. The summed E-state index contributed by atoms with van der Waals surface area (Å²) in [7, 11) is 0. The Kier molecular flexibility index (Phi) is 5.27. The van der Waals surface area contributed by atoms with Gasteiger partial charge in [-0.25, -0.2) is 0 Å². The number of phenols is 2. The van der Waals surface area contributed by atoms with Crippen molar-refractivity contribution in [1.82, 2.24) is 9.88 Å². The molecule has 0 aliphatic heterocycles. The van der Waals surface area contributed by atoms with Crippen molar-refractivity contribution < 1.29 is 15.0 Å². The van der Waals surface area contributed by atoms with Crippen LogP contribution in [0.5, 0.6) is 11.5 Å². The number of hydrogen-bond donors (Lipinski definition) is 3. The monoisotopic (exact) mass is 350 g/mol. The summed E-state index contributed by atoms with van der Waals surface area (Å²) < 4.78 is 0. The normalized spacial score (nSPS) is 11.3. The minimum Gasteiger partial charge on any atom is -0.508 e. The van der Waals surface area contributed by atoms with Gasteiger partial charge in [-0.3, -0.25) is 4.79 Å². The largest absolute Gasteiger partial charge is 0.508 e. The van der Waals surface area contributed by atoms with Crippen LogP contribution in [0.4, 0.5) is 0 Å². The molecule has 1 heterocycles. The Labute approximate surface area is 152 Å². The Morgan fingerprint density at radius 1 is 1.12 bits per heavy atom. The van der Waals surface area contributed by atoms with E-state index in [0.29, 0.717) is 19.5 Å². The summed E-state index contributed by atoms with van der Waals surface area (Å²) in [5.41, 5.74) is 2.91. The lowest BCUT2D eigenvalue weighted by molar-refractivity contribution is -0.125. The van der Waals surface area contributed by atoms with Crippen LogP contribution in [-0.4, -0.2) is 39.1 Å². The smallest absolute Gasteiger partial charge is 0.246 e. The third-order valence-electron chi connectivity index (χ3n) is 4.41. The molecule has 0 aliphatic rings. The highest BCUT2D eigenvalue weighted by molar-refractivity contribution is 5.92. The van der Waals surface area contributed by atoms with Crippen molar-refractivity contribution in [3.05, 3.63) is 65.9 Å². The van der Waals surface area contributed by atoms with Crippen molar-refractivity contribution >= 4 is 22.9 Å². The fraction of sp³-hybridized carbons (Fsp3) is 0.190. The predicted octanol–water partition coefficient (Wildman–Crippen LogP) is 3.68. The van der Waals surface area contributed by atoms with Gasteiger partial charge in [0.15, 0.2) is 0 Å². The van der Waals surface area contributed by atoms with Crippen LogP contribution in [0, 0.1) is 0 Å². The first-order valence-corrected chi connectivity index (χ1v) is 8.62. The number of H-pyrrole nitrogens is 1. The molecular formula is C21H22N2O3. The second-order valence-electron chi connectivity index (χ2n) is 6.14. The van der Waals surface area contributed by atoms with E-state index in [9.17, 15) is 15.0 Å². The second kappa shape index (κ2) is 7.78. The van der Waals surface area contributed by atoms with E-state index in [2.05, 4.69) is 4.98 Å². The number of benzene rings is 2. The van der Waals surface area contributed by atoms with Crippen LogP contribution < -0.4 is 0 Å². The summed E-state index contributed by atoms with van der Waals surface area (Å²) in [6.07, 6.45) is 5.93. The fourth-order valence-corrected chi connectivity index (χ4v) is 2.91. The van der Waals surface area contributed by atoms with Crippen LogP contribution in [0.1, 0.15) is 18.1 Å². The molecule has 2 aromatic carbocycles. The van der Waals surface area contributed by atoms with Crippen LogP contribution in [0.2, 0.25) is 0 Å². The number of amides is 1. The SMILES string of the molecule is CCN(CCc1c[nH]c2ccc(O)cc12)C(=O)/C=C/c1ccc(O)cc1. The number of aromatic amines is 1. The molecule has 1 amide bonds. The molecule has 0 saturated heterocycles. The molecule has 0 unspecified atom stereocenters. The van der Waals surface area contributed by atoms with Crippen molar-refractivity contribution in [2.75, 3.05) is 13.1 Å². The number of aromatic hydroxyl groups is 2. The van der Waals surface area contributed by atoms with Crippen molar-refractivity contribution in [2.45, 2.75) is 13.3 Å². The van der Waals surface area contributed by atoms with Crippen LogP contribution in [0.25, 0.3) is 17.0 Å². The van der Waals surface area contributed by atoms with Gasteiger partial charge in [-0.2, -0.15) is 0 Å². The molecule has 0 saturated carbocycles. The molecule has 0 fully saturated rings. The highest BCUT2D eigenvalue weighted by Gasteiger charge is 2.11. The Balaban J connectivity index is 1.65. The maximum Gasteiger partial charge on any atom is 0.246 e. The van der Waals surface area contributed by atoms with Gasteiger partial charge in [0.2, 0.25) is 5.91 Å². The number of carbonyl (C=O) groups excluding carboxylic acids is 1. The van der Waals surface area contributed by atoms with Gasteiger partial charge in [0.25, 0.3) is 0 Å². The van der Waals surface area contributed by atoms with E-state index in [0.717, 1.165) is 22.0 Å². The lowest BCUT2D eigenvalue weighted by Gasteiger charge is -2.19. The highest BCUT2D eigenvalue weighted by Crippen LogP contribution is 2.23. The standard InChI is InChI=1S/C21H22N2O3/c1-2-23(21(26)10-5-15-3-6-17(24)7-4-15)12-11-16-14-22-20-9-8-18(25)13-19(16)20/h3-10,13-14,22,24-25H,2,11-12H2,1H3/b10-5+. The van der Waals surface area contributed by atoms with Gasteiger partial charge in [0, 0.05) is 36.3 Å². The Hall–Kier alpha value is -3.21. The maximum atomic E-state index is 12.4. The Morgan fingerprint density at radius 3 is 2.58 bits per heavy atom. The van der Waals surface area contributed by atoms with Gasteiger partial charge < -0.3 is 20.1 Å². The Bertz CT molecular complexity index is 926. The lowest BCUT2D eigenvalue weighted by atomic mass is 10.1. The van der Waals surface area contributed by atoms with Gasteiger partial charge in [0.05, 0.1) is 0 Å². The zero-order valence-electron chi connectivity index (χ0n) is 14.6. The first-order valence-electron chi connectivity index (χ1n) is 8.62. The van der Waals surface area contributed by atoms with Gasteiger partial charge in [-0.05, 0) is 60.9 Å². The van der Waals surface area contributed by atoms with E-state index < -0.39 is 0 Å². The third-order valence-corrected chi connectivity index (χ3v) is 4.41. The van der Waals surface area contributed by atoms with Crippen LogP contribution in [0.3, 0.4) is 0 Å². The van der Waals surface area contributed by atoms with Crippen LogP contribution in [0.15, 0.2) is 54.7 Å². The number of likely N-dealkylation sites (N-methyl/N-ethyl adjacent to an activating group) is 1. The molecule has 0 bridgehead atoms. The molecule has 3 rings (SSSR count). The number of carbonyl (C=O) groups is 1. The summed E-state index contributed by atoms with van der Waals surface area (Å²) in [5.74, 6) is 0.385. The maximum absolute atomic E-state index is 12.4. The van der Waals surface area contributed by atoms with Gasteiger partial charge in [-0.15, -0.1) is 0 Å². The zero-order valence-corrected chi connectivity index (χ0v) is 14.6. The molecular weight excluding hydrogens is 328 g/mol. The van der Waals surface area contributed by atoms with E-state index in [1.165, 1.54) is 0 Å². The van der Waals surface area contributed by atoms with E-state index in [4.69, 9.17) is 0 Å². The van der Waals surface area contributed by atoms with Crippen LogP contribution >= 0.6 is 0 Å². The Morgan fingerprint density at radius 2 is 1.85 bits per heavy atom. The number of fused-ring (bicyclic) bond motifs is 1. The van der Waals surface area contributed by atoms with Crippen LogP contribution in [-0.2, 0) is 11.2 Å². The van der Waals surface area contributed by atoms with E-state index >= 15 is 0 Å². The van der Waals surface area contributed by atoms with Crippen molar-refractivity contribution in [1.29, 1.82) is 0 Å². The first kappa shape index (κ1) is 17.6. The number of aromatic nitrogens is 1. The predicted molar refractivity (Wildman–Crippen MR) is 103 cm³/mol. The number of phenolic OH excluding ortho intramolecular Hbond substituents is 2.